The Hall–Kier alpha value is -2.14. The number of ether oxygens (including phenoxy) is 2. The quantitative estimate of drug-likeness (QED) is 0.546. The molecule has 1 aromatic rings. The zero-order valence-corrected chi connectivity index (χ0v) is 15.9. The molecule has 5 rings (SSSR count). The summed E-state index contributed by atoms with van der Waals surface area (Å²) >= 11 is 0. The van der Waals surface area contributed by atoms with E-state index < -0.39 is 0 Å². The highest BCUT2D eigenvalue weighted by molar-refractivity contribution is 5.78. The molecule has 5 heteroatoms. The summed E-state index contributed by atoms with van der Waals surface area (Å²) in [5.74, 6) is 0.0659. The van der Waals surface area contributed by atoms with E-state index in [1.54, 1.807) is 0 Å². The second-order valence-electron chi connectivity index (χ2n) is 7.93. The summed E-state index contributed by atoms with van der Waals surface area (Å²) < 4.78 is 11.2. The van der Waals surface area contributed by atoms with E-state index in [1.165, 1.54) is 0 Å². The summed E-state index contributed by atoms with van der Waals surface area (Å²) in [4.78, 5) is 26.3. The zero-order valence-electron chi connectivity index (χ0n) is 15.9. The minimum atomic E-state index is -0.217. The fourth-order valence-corrected chi connectivity index (χ4v) is 4.78. The highest BCUT2D eigenvalue weighted by atomic mass is 16.5. The molecule has 27 heavy (non-hydrogen) atoms. The molecule has 3 aliphatic heterocycles. The second-order valence-corrected chi connectivity index (χ2v) is 7.93. The first-order chi connectivity index (χ1) is 13.1. The van der Waals surface area contributed by atoms with Gasteiger partial charge in [0.15, 0.2) is 0 Å². The third-order valence-electron chi connectivity index (χ3n) is 5.88. The van der Waals surface area contributed by atoms with Crippen LogP contribution in [0, 0.1) is 0 Å². The highest BCUT2D eigenvalue weighted by Gasteiger charge is 2.51. The number of hydrogen-bond donors (Lipinski definition) is 0. The van der Waals surface area contributed by atoms with E-state index in [4.69, 9.17) is 9.47 Å². The molecule has 1 amide bonds. The Bertz CT molecular complexity index is 736. The van der Waals surface area contributed by atoms with Gasteiger partial charge in [-0.3, -0.25) is 9.59 Å². The van der Waals surface area contributed by atoms with Crippen LogP contribution in [0.15, 0.2) is 42.0 Å². The van der Waals surface area contributed by atoms with Crippen molar-refractivity contribution in [2.75, 3.05) is 6.61 Å². The van der Waals surface area contributed by atoms with Crippen molar-refractivity contribution in [2.24, 2.45) is 0 Å². The van der Waals surface area contributed by atoms with Crippen LogP contribution >= 0.6 is 0 Å². The zero-order chi connectivity index (χ0) is 18.9. The summed E-state index contributed by atoms with van der Waals surface area (Å²) in [5, 5.41) is 0. The van der Waals surface area contributed by atoms with Crippen molar-refractivity contribution in [1.29, 1.82) is 0 Å². The van der Waals surface area contributed by atoms with Crippen molar-refractivity contribution < 1.29 is 19.1 Å². The van der Waals surface area contributed by atoms with Crippen molar-refractivity contribution in [3.8, 4) is 0 Å². The molecular formula is C22H27NO4. The molecule has 1 aromatic carbocycles. The SMILES string of the molecule is CCOC(=O)CC1=CC2C[C@@](C[C@@H]3CCC(=O)N3Cc3ccccc3)(C1)O2. The lowest BCUT2D eigenvalue weighted by Gasteiger charge is -2.53. The minimum Gasteiger partial charge on any atom is -0.466 e. The number of carbonyl (C=O) groups is 2. The summed E-state index contributed by atoms with van der Waals surface area (Å²) in [6.45, 7) is 2.90. The molecule has 0 spiro atoms. The summed E-state index contributed by atoms with van der Waals surface area (Å²) in [7, 11) is 0. The molecule has 5 nitrogen and oxygen atoms in total. The Labute approximate surface area is 160 Å². The van der Waals surface area contributed by atoms with E-state index >= 15 is 0 Å². The van der Waals surface area contributed by atoms with Gasteiger partial charge in [-0.15, -0.1) is 0 Å². The molecule has 2 fully saturated rings. The molecule has 2 saturated heterocycles. The van der Waals surface area contributed by atoms with E-state index in [-0.39, 0.29) is 29.6 Å². The van der Waals surface area contributed by atoms with Crippen molar-refractivity contribution in [3.05, 3.63) is 47.5 Å². The van der Waals surface area contributed by atoms with E-state index in [0.717, 1.165) is 36.8 Å². The van der Waals surface area contributed by atoms with Gasteiger partial charge in [0.2, 0.25) is 5.91 Å². The summed E-state index contributed by atoms with van der Waals surface area (Å²) in [6.07, 6.45) is 6.66. The average molecular weight is 369 g/mol. The fraction of sp³-hybridized carbons (Fsp3) is 0.545. The summed E-state index contributed by atoms with van der Waals surface area (Å²) in [6, 6.07) is 10.4. The maximum absolute atomic E-state index is 12.4. The monoisotopic (exact) mass is 369 g/mol. The van der Waals surface area contributed by atoms with E-state index in [0.29, 0.717) is 26.0 Å². The van der Waals surface area contributed by atoms with Crippen LogP contribution in [0.25, 0.3) is 0 Å². The van der Waals surface area contributed by atoms with E-state index in [9.17, 15) is 9.59 Å². The first-order valence-electron chi connectivity index (χ1n) is 9.93. The van der Waals surface area contributed by atoms with Crippen LogP contribution in [0.2, 0.25) is 0 Å². The molecule has 4 aliphatic rings. The van der Waals surface area contributed by atoms with Gasteiger partial charge >= 0.3 is 5.97 Å². The van der Waals surface area contributed by atoms with Crippen LogP contribution in [-0.4, -0.2) is 41.1 Å². The number of carbonyl (C=O) groups excluding carboxylic acids is 2. The minimum absolute atomic E-state index is 0.114. The van der Waals surface area contributed by atoms with Crippen LogP contribution in [0.1, 0.15) is 51.0 Å². The number of amides is 1. The number of fused-ring (bicyclic) bond motifs is 1. The Morgan fingerprint density at radius 1 is 1.33 bits per heavy atom. The van der Waals surface area contributed by atoms with Gasteiger partial charge in [0.1, 0.15) is 0 Å². The van der Waals surface area contributed by atoms with Crippen LogP contribution in [-0.2, 0) is 25.6 Å². The number of benzene rings is 1. The molecule has 0 aromatic heterocycles. The first-order valence-corrected chi connectivity index (χ1v) is 9.93. The molecule has 1 aliphatic carbocycles. The van der Waals surface area contributed by atoms with Gasteiger partial charge in [0.25, 0.3) is 0 Å². The lowest BCUT2D eigenvalue weighted by molar-refractivity contribution is -0.203. The average Bonchev–Trinajstić information content (AvgIpc) is 2.95. The second kappa shape index (κ2) is 7.47. The van der Waals surface area contributed by atoms with Gasteiger partial charge in [-0.05, 0) is 31.7 Å². The number of rotatable bonds is 7. The highest BCUT2D eigenvalue weighted by Crippen LogP contribution is 2.49. The molecular weight excluding hydrogens is 342 g/mol. The Balaban J connectivity index is 1.40. The molecule has 1 unspecified atom stereocenters. The predicted octanol–water partition coefficient (Wildman–Crippen LogP) is 3.38. The van der Waals surface area contributed by atoms with Gasteiger partial charge in [0.05, 0.1) is 24.7 Å². The van der Waals surface area contributed by atoms with Crippen LogP contribution in [0.4, 0.5) is 0 Å². The smallest absolute Gasteiger partial charge is 0.309 e. The van der Waals surface area contributed by atoms with Crippen LogP contribution in [0.3, 0.4) is 0 Å². The Morgan fingerprint density at radius 3 is 2.85 bits per heavy atom. The number of hydrogen-bond acceptors (Lipinski definition) is 4. The predicted molar refractivity (Wildman–Crippen MR) is 101 cm³/mol. The van der Waals surface area contributed by atoms with E-state index in [2.05, 4.69) is 18.2 Å². The normalized spacial score (nSPS) is 29.3. The largest absolute Gasteiger partial charge is 0.466 e. The van der Waals surface area contributed by atoms with Crippen molar-refractivity contribution in [2.45, 2.75) is 69.7 Å². The number of nitrogens with zero attached hydrogens (tertiary/aromatic N) is 1. The number of esters is 1. The molecule has 0 radical (unpaired) electrons. The fourth-order valence-electron chi connectivity index (χ4n) is 4.78. The van der Waals surface area contributed by atoms with Crippen molar-refractivity contribution in [3.63, 3.8) is 0 Å². The van der Waals surface area contributed by atoms with Crippen LogP contribution < -0.4 is 0 Å². The van der Waals surface area contributed by atoms with E-state index in [1.807, 2.05) is 30.0 Å². The maximum atomic E-state index is 12.4. The summed E-state index contributed by atoms with van der Waals surface area (Å²) in [5.41, 5.74) is 2.06. The third-order valence-corrected chi connectivity index (χ3v) is 5.88. The van der Waals surface area contributed by atoms with Gasteiger partial charge < -0.3 is 14.4 Å². The third kappa shape index (κ3) is 3.93. The topological polar surface area (TPSA) is 55.8 Å². The maximum Gasteiger partial charge on any atom is 0.309 e. The van der Waals surface area contributed by atoms with Crippen LogP contribution in [0.5, 0.6) is 0 Å². The Morgan fingerprint density at radius 2 is 2.11 bits per heavy atom. The molecule has 0 N–H and O–H groups in total. The molecule has 3 atom stereocenters. The molecule has 0 saturated carbocycles. The van der Waals surface area contributed by atoms with Gasteiger partial charge in [-0.1, -0.05) is 42.0 Å². The van der Waals surface area contributed by atoms with Gasteiger partial charge in [-0.2, -0.15) is 0 Å². The lowest BCUT2D eigenvalue weighted by Crippen LogP contribution is -2.55. The standard InChI is InChI=1S/C22H27NO4/c1-2-26-21(25)11-17-10-19-14-22(12-17,27-19)13-18-8-9-20(24)23(18)15-16-6-4-3-5-7-16/h3-7,10,18-19H,2,8-9,11-15H2,1H3/t18-,19?,22-/m0/s1. The molecule has 3 heterocycles. The van der Waals surface area contributed by atoms with Gasteiger partial charge in [-0.25, -0.2) is 0 Å². The Kier molecular flexibility index (Phi) is 5.04. The molecule has 2 bridgehead atoms. The van der Waals surface area contributed by atoms with Crippen molar-refractivity contribution in [1.82, 2.24) is 4.90 Å². The lowest BCUT2D eigenvalue weighted by atomic mass is 9.73. The first kappa shape index (κ1) is 18.2. The molecule has 144 valence electrons. The number of likely N-dealkylation sites (tertiary alicyclic amines) is 1. The van der Waals surface area contributed by atoms with Gasteiger partial charge in [0, 0.05) is 25.4 Å². The van der Waals surface area contributed by atoms with Crippen molar-refractivity contribution >= 4 is 11.9 Å².